The molecular weight excluding hydrogens is 274 g/mol. The molecule has 0 aliphatic carbocycles. The zero-order valence-electron chi connectivity index (χ0n) is 12.2. The summed E-state index contributed by atoms with van der Waals surface area (Å²) in [6.45, 7) is 5.04. The van der Waals surface area contributed by atoms with Crippen LogP contribution in [0.1, 0.15) is 26.3 Å². The Morgan fingerprint density at radius 2 is 1.86 bits per heavy atom. The molecule has 1 unspecified atom stereocenters. The SMILES string of the molecule is CC(C)(C)OC(=O)N1C(=O)OC(=O)C1Cc1ccccc1. The third-order valence-electron chi connectivity index (χ3n) is 2.83. The molecule has 1 aliphatic rings. The highest BCUT2D eigenvalue weighted by atomic mass is 16.6. The summed E-state index contributed by atoms with van der Waals surface area (Å²) in [4.78, 5) is 36.3. The van der Waals surface area contributed by atoms with Gasteiger partial charge in [-0.1, -0.05) is 30.3 Å². The van der Waals surface area contributed by atoms with Gasteiger partial charge in [-0.05, 0) is 26.3 Å². The van der Waals surface area contributed by atoms with Crippen LogP contribution in [0.2, 0.25) is 0 Å². The smallest absolute Gasteiger partial charge is 0.427 e. The molecule has 2 amide bonds. The van der Waals surface area contributed by atoms with Crippen molar-refractivity contribution in [3.05, 3.63) is 35.9 Å². The van der Waals surface area contributed by atoms with Gasteiger partial charge in [0.2, 0.25) is 0 Å². The second-order valence-electron chi connectivity index (χ2n) is 5.74. The monoisotopic (exact) mass is 291 g/mol. The lowest BCUT2D eigenvalue weighted by molar-refractivity contribution is -0.135. The number of carbonyl (C=O) groups excluding carboxylic acids is 3. The van der Waals surface area contributed by atoms with Gasteiger partial charge in [-0.25, -0.2) is 14.4 Å². The molecule has 0 spiro atoms. The van der Waals surface area contributed by atoms with Crippen LogP contribution >= 0.6 is 0 Å². The Balaban J connectivity index is 2.19. The summed E-state index contributed by atoms with van der Waals surface area (Å²) in [6, 6.07) is 8.10. The van der Waals surface area contributed by atoms with E-state index in [0.717, 1.165) is 10.5 Å². The van der Waals surface area contributed by atoms with E-state index in [0.29, 0.717) is 0 Å². The first-order valence-electron chi connectivity index (χ1n) is 6.60. The van der Waals surface area contributed by atoms with Crippen LogP contribution in [0.25, 0.3) is 0 Å². The second kappa shape index (κ2) is 5.55. The molecule has 1 fully saturated rings. The molecule has 1 atom stereocenters. The van der Waals surface area contributed by atoms with Crippen LogP contribution in [0, 0.1) is 0 Å². The molecule has 0 aromatic heterocycles. The third-order valence-corrected chi connectivity index (χ3v) is 2.83. The van der Waals surface area contributed by atoms with E-state index >= 15 is 0 Å². The van der Waals surface area contributed by atoms with Crippen molar-refractivity contribution < 1.29 is 23.9 Å². The fourth-order valence-electron chi connectivity index (χ4n) is 1.96. The Morgan fingerprint density at radius 1 is 1.24 bits per heavy atom. The van der Waals surface area contributed by atoms with E-state index in [1.54, 1.807) is 20.8 Å². The van der Waals surface area contributed by atoms with Crippen LogP contribution in [0.4, 0.5) is 9.59 Å². The number of ether oxygens (including phenoxy) is 2. The van der Waals surface area contributed by atoms with Gasteiger partial charge in [0.25, 0.3) is 0 Å². The number of amides is 2. The molecule has 112 valence electrons. The molecule has 1 heterocycles. The van der Waals surface area contributed by atoms with Gasteiger partial charge < -0.3 is 9.47 Å². The van der Waals surface area contributed by atoms with Crippen molar-refractivity contribution in [2.24, 2.45) is 0 Å². The molecule has 0 bridgehead atoms. The van der Waals surface area contributed by atoms with E-state index in [2.05, 4.69) is 4.74 Å². The van der Waals surface area contributed by atoms with Gasteiger partial charge in [0.1, 0.15) is 11.6 Å². The van der Waals surface area contributed by atoms with Crippen molar-refractivity contribution in [1.82, 2.24) is 4.90 Å². The molecule has 21 heavy (non-hydrogen) atoms. The number of carbonyl (C=O) groups is 3. The van der Waals surface area contributed by atoms with E-state index in [4.69, 9.17) is 4.74 Å². The van der Waals surface area contributed by atoms with Crippen molar-refractivity contribution in [2.75, 3.05) is 0 Å². The largest absolute Gasteiger partial charge is 0.443 e. The minimum atomic E-state index is -0.991. The van der Waals surface area contributed by atoms with Gasteiger partial charge in [0.15, 0.2) is 0 Å². The average Bonchev–Trinajstić information content (AvgIpc) is 2.63. The number of nitrogens with zero attached hydrogens (tertiary/aromatic N) is 1. The molecule has 6 heteroatoms. The van der Waals surface area contributed by atoms with Crippen LogP contribution in [0.15, 0.2) is 30.3 Å². The highest BCUT2D eigenvalue weighted by Gasteiger charge is 2.46. The molecular formula is C15H17NO5. The number of esters is 1. The summed E-state index contributed by atoms with van der Waals surface area (Å²) >= 11 is 0. The Hall–Kier alpha value is -2.37. The first kappa shape index (κ1) is 15.0. The fourth-order valence-corrected chi connectivity index (χ4v) is 1.96. The molecule has 1 aliphatic heterocycles. The molecule has 6 nitrogen and oxygen atoms in total. The number of benzene rings is 1. The minimum Gasteiger partial charge on any atom is -0.443 e. The summed E-state index contributed by atoms with van der Waals surface area (Å²) in [6.07, 6.45) is -1.67. The Kier molecular flexibility index (Phi) is 3.97. The zero-order valence-corrected chi connectivity index (χ0v) is 12.2. The summed E-state index contributed by atoms with van der Waals surface area (Å²) in [5.41, 5.74) is 0.0584. The van der Waals surface area contributed by atoms with E-state index < -0.39 is 29.8 Å². The van der Waals surface area contributed by atoms with E-state index in [1.165, 1.54) is 0 Å². The van der Waals surface area contributed by atoms with Crippen LogP contribution in [-0.4, -0.2) is 34.7 Å². The number of hydrogen-bond acceptors (Lipinski definition) is 5. The average molecular weight is 291 g/mol. The Morgan fingerprint density at radius 3 is 2.43 bits per heavy atom. The standard InChI is InChI=1S/C15H17NO5/c1-15(2,3)21-14(19)16-11(12(17)20-13(16)18)9-10-7-5-4-6-8-10/h4-8,11H,9H2,1-3H3. The summed E-state index contributed by atoms with van der Waals surface area (Å²) in [5.74, 6) is -0.741. The van der Waals surface area contributed by atoms with Gasteiger partial charge in [-0.3, -0.25) is 0 Å². The highest BCUT2D eigenvalue weighted by Crippen LogP contribution is 2.21. The topological polar surface area (TPSA) is 72.9 Å². The van der Waals surface area contributed by atoms with Gasteiger partial charge in [0, 0.05) is 6.42 Å². The first-order valence-corrected chi connectivity index (χ1v) is 6.60. The van der Waals surface area contributed by atoms with Gasteiger partial charge in [0.05, 0.1) is 0 Å². The highest BCUT2D eigenvalue weighted by molar-refractivity contribution is 6.04. The summed E-state index contributed by atoms with van der Waals surface area (Å²) in [5, 5.41) is 0. The van der Waals surface area contributed by atoms with Crippen molar-refractivity contribution in [3.8, 4) is 0 Å². The minimum absolute atomic E-state index is 0.199. The number of rotatable bonds is 2. The lowest BCUT2D eigenvalue weighted by Gasteiger charge is -2.24. The molecule has 1 saturated heterocycles. The van der Waals surface area contributed by atoms with E-state index in [1.807, 2.05) is 30.3 Å². The van der Waals surface area contributed by atoms with Gasteiger partial charge in [-0.2, -0.15) is 4.90 Å². The van der Waals surface area contributed by atoms with E-state index in [-0.39, 0.29) is 6.42 Å². The molecule has 0 saturated carbocycles. The summed E-state index contributed by atoms with van der Waals surface area (Å²) in [7, 11) is 0. The lowest BCUT2D eigenvalue weighted by atomic mass is 10.1. The molecule has 0 N–H and O–H groups in total. The molecule has 0 radical (unpaired) electrons. The van der Waals surface area contributed by atoms with Crippen molar-refractivity contribution in [2.45, 2.75) is 38.8 Å². The molecule has 1 aromatic carbocycles. The Bertz CT molecular complexity index is 561. The second-order valence-corrected chi connectivity index (χ2v) is 5.74. The van der Waals surface area contributed by atoms with Gasteiger partial charge >= 0.3 is 18.2 Å². The fraction of sp³-hybridized carbons (Fsp3) is 0.400. The number of hydrogen-bond donors (Lipinski definition) is 0. The molecule has 1 aromatic rings. The van der Waals surface area contributed by atoms with E-state index in [9.17, 15) is 14.4 Å². The normalized spacial score (nSPS) is 18.6. The van der Waals surface area contributed by atoms with Crippen LogP contribution < -0.4 is 0 Å². The van der Waals surface area contributed by atoms with Crippen LogP contribution in [0.3, 0.4) is 0 Å². The predicted molar refractivity (Wildman–Crippen MR) is 73.5 cm³/mol. The number of imide groups is 1. The quantitative estimate of drug-likeness (QED) is 0.618. The molecule has 2 rings (SSSR count). The maximum atomic E-state index is 12.1. The predicted octanol–water partition coefficient (Wildman–Crippen LogP) is 2.51. The van der Waals surface area contributed by atoms with Crippen molar-refractivity contribution in [3.63, 3.8) is 0 Å². The summed E-state index contributed by atoms with van der Waals surface area (Å²) < 4.78 is 9.68. The maximum Gasteiger partial charge on any atom is 0.427 e. The Labute approximate surface area is 122 Å². The third kappa shape index (κ3) is 3.59. The van der Waals surface area contributed by atoms with Crippen molar-refractivity contribution in [1.29, 1.82) is 0 Å². The van der Waals surface area contributed by atoms with Crippen molar-refractivity contribution >= 4 is 18.2 Å². The maximum absolute atomic E-state index is 12.1. The zero-order chi connectivity index (χ0) is 15.6. The lowest BCUT2D eigenvalue weighted by Crippen LogP contribution is -2.44. The van der Waals surface area contributed by atoms with Crippen LogP contribution in [0.5, 0.6) is 0 Å². The van der Waals surface area contributed by atoms with Crippen LogP contribution in [-0.2, 0) is 20.7 Å². The van der Waals surface area contributed by atoms with Gasteiger partial charge in [-0.15, -0.1) is 0 Å². The first-order chi connectivity index (χ1) is 9.78. The number of cyclic esters (lactones) is 2.